The second-order valence-electron chi connectivity index (χ2n) is 4.50. The Morgan fingerprint density at radius 3 is 2.40 bits per heavy atom. The molecule has 0 aliphatic heterocycles. The van der Waals surface area contributed by atoms with Gasteiger partial charge in [-0.3, -0.25) is 9.59 Å². The highest BCUT2D eigenvalue weighted by atomic mass is 16.2. The molecule has 0 heterocycles. The number of rotatable bonds is 7. The molecule has 1 atom stereocenters. The van der Waals surface area contributed by atoms with E-state index in [1.807, 2.05) is 44.2 Å². The van der Waals surface area contributed by atoms with Crippen molar-refractivity contribution in [2.75, 3.05) is 26.2 Å². The van der Waals surface area contributed by atoms with Gasteiger partial charge in [0.25, 0.3) is 0 Å². The molecular weight excluding hydrogens is 254 g/mol. The number of carbonyl (C=O) groups excluding carboxylic acids is 2. The number of hydrogen-bond acceptors (Lipinski definition) is 3. The first-order valence-electron chi connectivity index (χ1n) is 6.94. The Labute approximate surface area is 120 Å². The molecule has 0 aromatic heterocycles. The fourth-order valence-electron chi connectivity index (χ4n) is 2.06. The zero-order valence-corrected chi connectivity index (χ0v) is 12.1. The Hall–Kier alpha value is -1.88. The van der Waals surface area contributed by atoms with Crippen LogP contribution in [0.1, 0.15) is 25.3 Å². The van der Waals surface area contributed by atoms with Crippen molar-refractivity contribution in [2.24, 2.45) is 5.73 Å². The average molecular weight is 277 g/mol. The third-order valence-corrected chi connectivity index (χ3v) is 3.14. The van der Waals surface area contributed by atoms with Crippen LogP contribution in [0, 0.1) is 0 Å². The van der Waals surface area contributed by atoms with E-state index in [1.165, 1.54) is 4.90 Å². The molecule has 20 heavy (non-hydrogen) atoms. The Morgan fingerprint density at radius 1 is 1.25 bits per heavy atom. The summed E-state index contributed by atoms with van der Waals surface area (Å²) in [6, 6.07) is 9.43. The predicted octanol–water partition coefficient (Wildman–Crippen LogP) is 0.714. The Kier molecular flexibility index (Phi) is 6.73. The van der Waals surface area contributed by atoms with Crippen molar-refractivity contribution in [3.63, 3.8) is 0 Å². The lowest BCUT2D eigenvalue weighted by Crippen LogP contribution is -2.43. The maximum Gasteiger partial charge on any atom is 0.239 e. The summed E-state index contributed by atoms with van der Waals surface area (Å²) in [4.78, 5) is 25.7. The topological polar surface area (TPSA) is 75.4 Å². The van der Waals surface area contributed by atoms with Gasteiger partial charge in [0.15, 0.2) is 0 Å². The smallest absolute Gasteiger partial charge is 0.239 e. The number of nitrogens with two attached hydrogens (primary N) is 1. The molecule has 3 N–H and O–H groups in total. The van der Waals surface area contributed by atoms with Crippen molar-refractivity contribution in [1.29, 1.82) is 0 Å². The average Bonchev–Trinajstić information content (AvgIpc) is 2.47. The van der Waals surface area contributed by atoms with Crippen LogP contribution in [0.3, 0.4) is 0 Å². The molecule has 110 valence electrons. The number of hydrogen-bond donors (Lipinski definition) is 2. The molecule has 1 aromatic rings. The van der Waals surface area contributed by atoms with Crippen LogP contribution in [0.15, 0.2) is 30.3 Å². The molecular formula is C15H23N3O2. The largest absolute Gasteiger partial charge is 0.355 e. The van der Waals surface area contributed by atoms with Gasteiger partial charge in [-0.1, -0.05) is 30.3 Å². The molecule has 0 saturated heterocycles. The van der Waals surface area contributed by atoms with E-state index in [9.17, 15) is 9.59 Å². The van der Waals surface area contributed by atoms with Crippen LogP contribution in [0.4, 0.5) is 0 Å². The summed E-state index contributed by atoms with van der Waals surface area (Å²) in [7, 11) is 0. The molecule has 0 saturated carbocycles. The lowest BCUT2D eigenvalue weighted by atomic mass is 9.97. The van der Waals surface area contributed by atoms with Gasteiger partial charge in [0, 0.05) is 19.6 Å². The molecule has 0 fully saturated rings. The highest BCUT2D eigenvalue weighted by Crippen LogP contribution is 2.17. The highest BCUT2D eigenvalue weighted by molar-refractivity contribution is 5.88. The van der Waals surface area contributed by atoms with Crippen LogP contribution in [0.2, 0.25) is 0 Å². The first kappa shape index (κ1) is 16.2. The highest BCUT2D eigenvalue weighted by Gasteiger charge is 2.24. The quantitative estimate of drug-likeness (QED) is 0.771. The normalized spacial score (nSPS) is 11.8. The van der Waals surface area contributed by atoms with Crippen LogP contribution >= 0.6 is 0 Å². The van der Waals surface area contributed by atoms with E-state index in [0.29, 0.717) is 13.1 Å². The number of amides is 2. The molecule has 0 bridgehead atoms. The second-order valence-corrected chi connectivity index (χ2v) is 4.50. The number of nitrogens with one attached hydrogen (secondary N) is 1. The van der Waals surface area contributed by atoms with Crippen molar-refractivity contribution >= 4 is 11.8 Å². The van der Waals surface area contributed by atoms with E-state index in [-0.39, 0.29) is 24.9 Å². The molecule has 0 spiro atoms. The lowest BCUT2D eigenvalue weighted by molar-refractivity contribution is -0.136. The van der Waals surface area contributed by atoms with E-state index in [0.717, 1.165) is 5.56 Å². The summed E-state index contributed by atoms with van der Waals surface area (Å²) in [5, 5.41) is 2.70. The molecule has 5 nitrogen and oxygen atoms in total. The van der Waals surface area contributed by atoms with Crippen molar-refractivity contribution in [1.82, 2.24) is 10.2 Å². The molecule has 0 radical (unpaired) electrons. The summed E-state index contributed by atoms with van der Waals surface area (Å²) >= 11 is 0. The van der Waals surface area contributed by atoms with Gasteiger partial charge in [-0.25, -0.2) is 0 Å². The second kappa shape index (κ2) is 8.32. The minimum atomic E-state index is -0.398. The summed E-state index contributed by atoms with van der Waals surface area (Å²) in [5.74, 6) is -0.649. The van der Waals surface area contributed by atoms with Gasteiger partial charge in [-0.05, 0) is 19.4 Å². The summed E-state index contributed by atoms with van der Waals surface area (Å²) in [5.41, 5.74) is 6.62. The zero-order valence-electron chi connectivity index (χ0n) is 12.1. The van der Waals surface area contributed by atoms with Crippen molar-refractivity contribution < 1.29 is 9.59 Å². The number of nitrogens with zero attached hydrogens (tertiary/aromatic N) is 1. The number of carbonyl (C=O) groups is 2. The predicted molar refractivity (Wildman–Crippen MR) is 79.2 cm³/mol. The minimum absolute atomic E-state index is 0.0759. The SMILES string of the molecule is CCNC(=O)CN(CC)C(=O)C(CN)c1ccccc1. The van der Waals surface area contributed by atoms with E-state index in [1.54, 1.807) is 0 Å². The molecule has 0 aliphatic carbocycles. The van der Waals surface area contributed by atoms with Crippen LogP contribution in [0.25, 0.3) is 0 Å². The van der Waals surface area contributed by atoms with Crippen LogP contribution in [0.5, 0.6) is 0 Å². The van der Waals surface area contributed by atoms with E-state index in [2.05, 4.69) is 5.32 Å². The van der Waals surface area contributed by atoms with Gasteiger partial charge < -0.3 is 16.0 Å². The fourth-order valence-corrected chi connectivity index (χ4v) is 2.06. The Morgan fingerprint density at radius 2 is 1.90 bits per heavy atom. The summed E-state index contributed by atoms with van der Waals surface area (Å²) in [6.07, 6.45) is 0. The molecule has 5 heteroatoms. The van der Waals surface area contributed by atoms with E-state index in [4.69, 9.17) is 5.73 Å². The van der Waals surface area contributed by atoms with Crippen molar-refractivity contribution in [2.45, 2.75) is 19.8 Å². The Bertz CT molecular complexity index is 434. The van der Waals surface area contributed by atoms with Gasteiger partial charge in [0.2, 0.25) is 11.8 Å². The molecule has 1 unspecified atom stereocenters. The monoisotopic (exact) mass is 277 g/mol. The fraction of sp³-hybridized carbons (Fsp3) is 0.467. The maximum atomic E-state index is 12.5. The number of benzene rings is 1. The summed E-state index contributed by atoms with van der Waals surface area (Å²) < 4.78 is 0. The summed E-state index contributed by atoms with van der Waals surface area (Å²) in [6.45, 7) is 5.06. The van der Waals surface area contributed by atoms with Gasteiger partial charge in [0.1, 0.15) is 0 Å². The molecule has 1 aromatic carbocycles. The molecule has 1 rings (SSSR count). The zero-order chi connectivity index (χ0) is 15.0. The number of likely N-dealkylation sites (N-methyl/N-ethyl adjacent to an activating group) is 2. The first-order chi connectivity index (χ1) is 9.63. The standard InChI is InChI=1S/C15H23N3O2/c1-3-17-14(19)11-18(4-2)15(20)13(10-16)12-8-6-5-7-9-12/h5-9,13H,3-4,10-11,16H2,1-2H3,(H,17,19). The molecule has 0 aliphatic rings. The van der Waals surface area contributed by atoms with E-state index < -0.39 is 5.92 Å². The maximum absolute atomic E-state index is 12.5. The van der Waals surface area contributed by atoms with Crippen LogP contribution in [-0.2, 0) is 9.59 Å². The van der Waals surface area contributed by atoms with Crippen LogP contribution < -0.4 is 11.1 Å². The lowest BCUT2D eigenvalue weighted by Gasteiger charge is -2.25. The minimum Gasteiger partial charge on any atom is -0.355 e. The molecule has 2 amide bonds. The third kappa shape index (κ3) is 4.35. The van der Waals surface area contributed by atoms with Crippen molar-refractivity contribution in [3.8, 4) is 0 Å². The van der Waals surface area contributed by atoms with Gasteiger partial charge in [0.05, 0.1) is 12.5 Å². The van der Waals surface area contributed by atoms with Gasteiger partial charge >= 0.3 is 0 Å². The van der Waals surface area contributed by atoms with E-state index >= 15 is 0 Å². The van der Waals surface area contributed by atoms with Crippen molar-refractivity contribution in [3.05, 3.63) is 35.9 Å². The van der Waals surface area contributed by atoms with Gasteiger partial charge in [-0.2, -0.15) is 0 Å². The van der Waals surface area contributed by atoms with Gasteiger partial charge in [-0.15, -0.1) is 0 Å². The Balaban J connectivity index is 2.80. The first-order valence-corrected chi connectivity index (χ1v) is 6.94. The van der Waals surface area contributed by atoms with Crippen LogP contribution in [-0.4, -0.2) is 42.9 Å². The third-order valence-electron chi connectivity index (χ3n) is 3.14.